The zero-order chi connectivity index (χ0) is 66.3. The Balaban J connectivity index is 4.95. The average Bonchev–Trinajstić information content (AvgIpc) is 3.45. The van der Waals surface area contributed by atoms with E-state index in [2.05, 4.69) is 74.7 Å². The van der Waals surface area contributed by atoms with Gasteiger partial charge in [-0.25, -0.2) is 0 Å². The number of carbonyl (C=O) groups excluding carboxylic acids is 2. The molecule has 0 rings (SSSR count). The minimum Gasteiger partial charge on any atom is -0.756 e. The van der Waals surface area contributed by atoms with E-state index in [0.717, 1.165) is 70.6 Å². The molecule has 534 valence electrons. The van der Waals surface area contributed by atoms with E-state index < -0.39 is 20.0 Å². The van der Waals surface area contributed by atoms with Crippen LogP contribution in [-0.2, 0) is 27.9 Å². The van der Waals surface area contributed by atoms with Crippen molar-refractivity contribution in [1.82, 2.24) is 5.32 Å². The second-order valence-corrected chi connectivity index (χ2v) is 29.6. The number of nitrogens with zero attached hydrogens (tertiary/aromatic N) is 1. The van der Waals surface area contributed by atoms with Crippen molar-refractivity contribution in [2.75, 3.05) is 40.9 Å². The van der Waals surface area contributed by atoms with Gasteiger partial charge in [0, 0.05) is 12.8 Å². The molecule has 0 spiro atoms. The quantitative estimate of drug-likeness (QED) is 0.0212. The summed E-state index contributed by atoms with van der Waals surface area (Å²) < 4.78 is 30.6. The van der Waals surface area contributed by atoms with Gasteiger partial charge in [0.2, 0.25) is 5.91 Å². The highest BCUT2D eigenvalue weighted by Gasteiger charge is 2.27. The number of phosphoric acid groups is 1. The largest absolute Gasteiger partial charge is 0.756 e. The average molecular weight is 1300 g/mol. The third kappa shape index (κ3) is 71.8. The number of allylic oxidation sites excluding steroid dienone is 9. The summed E-state index contributed by atoms with van der Waals surface area (Å²) >= 11 is 0. The summed E-state index contributed by atoms with van der Waals surface area (Å²) in [5, 5.41) is 3.06. The fraction of sp³-hybridized carbons (Fsp3) is 0.852. The molecule has 0 heterocycles. The minimum absolute atomic E-state index is 0.0212. The number of rotatable bonds is 73. The van der Waals surface area contributed by atoms with Crippen LogP contribution in [0.1, 0.15) is 393 Å². The molecule has 0 saturated carbocycles. The van der Waals surface area contributed by atoms with Gasteiger partial charge in [-0.05, 0) is 96.0 Å². The van der Waals surface area contributed by atoms with Crippen molar-refractivity contribution in [2.24, 2.45) is 0 Å². The molecule has 1 N–H and O–H groups in total. The van der Waals surface area contributed by atoms with Crippen LogP contribution in [0.15, 0.2) is 60.8 Å². The van der Waals surface area contributed by atoms with Gasteiger partial charge in [0.15, 0.2) is 0 Å². The third-order valence-corrected chi connectivity index (χ3v) is 18.9. The summed E-state index contributed by atoms with van der Waals surface area (Å²) in [4.78, 5) is 40.3. The molecule has 1 amide bonds. The Labute approximate surface area is 566 Å². The predicted molar refractivity (Wildman–Crippen MR) is 395 cm³/mol. The van der Waals surface area contributed by atoms with Gasteiger partial charge in [0.05, 0.1) is 33.8 Å². The molecule has 10 heteroatoms. The first-order valence-corrected chi connectivity index (χ1v) is 41.1. The van der Waals surface area contributed by atoms with Crippen molar-refractivity contribution in [3.05, 3.63) is 60.8 Å². The van der Waals surface area contributed by atoms with Gasteiger partial charge in [-0.3, -0.25) is 14.2 Å². The Morgan fingerprint density at radius 2 is 0.670 bits per heavy atom. The Kier molecular flexibility index (Phi) is 68.7. The van der Waals surface area contributed by atoms with Crippen molar-refractivity contribution >= 4 is 19.7 Å². The van der Waals surface area contributed by atoms with E-state index in [1.807, 2.05) is 33.3 Å². The minimum atomic E-state index is -4.71. The van der Waals surface area contributed by atoms with Gasteiger partial charge in [-0.15, -0.1) is 0 Å². The highest BCUT2D eigenvalue weighted by atomic mass is 31.2. The Bertz CT molecular complexity index is 1740. The topological polar surface area (TPSA) is 114 Å². The molecular weight excluding hydrogens is 1140 g/mol. The van der Waals surface area contributed by atoms with E-state index in [0.29, 0.717) is 17.4 Å². The molecule has 0 aromatic carbocycles. The number of hydrogen-bond acceptors (Lipinski definition) is 7. The van der Waals surface area contributed by atoms with E-state index in [4.69, 9.17) is 13.8 Å². The molecule has 0 aliphatic heterocycles. The maximum Gasteiger partial charge on any atom is 0.306 e. The summed E-state index contributed by atoms with van der Waals surface area (Å²) in [7, 11) is 1.20. The maximum absolute atomic E-state index is 13.7. The highest BCUT2D eigenvalue weighted by Crippen LogP contribution is 2.38. The van der Waals surface area contributed by atoms with Crippen LogP contribution >= 0.6 is 7.82 Å². The van der Waals surface area contributed by atoms with Gasteiger partial charge < -0.3 is 28.5 Å². The normalized spacial score (nSPS) is 13.7. The smallest absolute Gasteiger partial charge is 0.306 e. The van der Waals surface area contributed by atoms with Crippen LogP contribution in [0.25, 0.3) is 0 Å². The summed E-state index contributed by atoms with van der Waals surface area (Å²) in [5.41, 5.74) is 0. The van der Waals surface area contributed by atoms with Crippen LogP contribution < -0.4 is 10.2 Å². The van der Waals surface area contributed by atoms with E-state index in [1.54, 1.807) is 0 Å². The third-order valence-electron chi connectivity index (χ3n) is 17.9. The Morgan fingerprint density at radius 1 is 0.385 bits per heavy atom. The molecule has 91 heavy (non-hydrogen) atoms. The maximum atomic E-state index is 13.7. The first-order chi connectivity index (χ1) is 44.4. The number of likely N-dealkylation sites (N-methyl/N-ethyl adjacent to an activating group) is 1. The number of amides is 1. The lowest BCUT2D eigenvalue weighted by atomic mass is 10.0. The summed E-state index contributed by atoms with van der Waals surface area (Å²) in [6.45, 7) is 6.88. The van der Waals surface area contributed by atoms with E-state index >= 15 is 0 Å². The molecule has 0 bridgehead atoms. The molecule has 9 nitrogen and oxygen atoms in total. The lowest BCUT2D eigenvalue weighted by molar-refractivity contribution is -0.870. The van der Waals surface area contributed by atoms with Crippen LogP contribution in [0.2, 0.25) is 0 Å². The number of hydrogen-bond donors (Lipinski definition) is 1. The van der Waals surface area contributed by atoms with E-state index in [1.165, 1.54) is 289 Å². The molecule has 0 aliphatic rings. The van der Waals surface area contributed by atoms with Crippen LogP contribution in [-0.4, -0.2) is 69.4 Å². The zero-order valence-corrected chi connectivity index (χ0v) is 62.2. The fourth-order valence-electron chi connectivity index (χ4n) is 11.8. The van der Waals surface area contributed by atoms with Crippen LogP contribution in [0.4, 0.5) is 0 Å². The number of unbranched alkanes of at least 4 members (excludes halogenated alkanes) is 49. The van der Waals surface area contributed by atoms with Crippen LogP contribution in [0.3, 0.4) is 0 Å². The number of nitrogens with one attached hydrogen (secondary N) is 1. The predicted octanol–water partition coefficient (Wildman–Crippen LogP) is 25.1. The first-order valence-electron chi connectivity index (χ1n) is 39.6. The molecule has 0 aliphatic carbocycles. The van der Waals surface area contributed by atoms with Crippen LogP contribution in [0, 0.1) is 0 Å². The summed E-state index contributed by atoms with van der Waals surface area (Å²) in [6, 6.07) is -0.890. The Morgan fingerprint density at radius 3 is 1.03 bits per heavy atom. The lowest BCUT2D eigenvalue weighted by Gasteiger charge is -2.30. The van der Waals surface area contributed by atoms with Gasteiger partial charge in [0.25, 0.3) is 7.82 Å². The number of ether oxygens (including phenoxy) is 1. The van der Waals surface area contributed by atoms with Crippen molar-refractivity contribution in [3.8, 4) is 0 Å². The number of esters is 1. The molecule has 0 aromatic heterocycles. The van der Waals surface area contributed by atoms with Gasteiger partial charge in [0.1, 0.15) is 19.3 Å². The standard InChI is InChI=1S/C81H153N2O7P/c1-7-10-13-16-19-22-25-28-30-32-34-36-38-40-41-43-44-46-48-50-52-55-58-61-64-67-70-73-80(84)82-78(77-89-91(86,87)88-76-75-83(4,5)6)79(72-69-66-63-60-57-54-27-24-21-18-15-12-9-3)90-81(85)74-71-68-65-62-59-56-53-51-49-47-45-42-39-37-35-33-31-29-26-23-20-17-14-11-8-2/h19,22,28-31,34,36,69,72,78-79H,7-18,20-21,23-27,32-33,35,37-68,70-71,73-77H2,1-6H3,(H-,82,84,86,87)/b22-19-,30-28-,31-29+,36-34-,72-69+. The first kappa shape index (κ1) is 88.7. The van der Waals surface area contributed by atoms with E-state index in [9.17, 15) is 19.0 Å². The molecule has 0 aromatic rings. The van der Waals surface area contributed by atoms with Crippen molar-refractivity contribution in [1.29, 1.82) is 0 Å². The van der Waals surface area contributed by atoms with Gasteiger partial charge >= 0.3 is 5.97 Å². The molecule has 0 saturated heterocycles. The highest BCUT2D eigenvalue weighted by molar-refractivity contribution is 7.45. The van der Waals surface area contributed by atoms with Gasteiger partial charge in [-0.1, -0.05) is 345 Å². The van der Waals surface area contributed by atoms with Crippen molar-refractivity contribution < 1.29 is 37.3 Å². The van der Waals surface area contributed by atoms with Crippen molar-refractivity contribution in [3.63, 3.8) is 0 Å². The SMILES string of the molecule is CCCCC/C=C\C/C=C\C/C=C\CCCCCCCCCCCCCCCCC(=O)NC(COP(=O)([O-])OCC[N+](C)(C)C)C(/C=C/CCCCCCCCCCCCC)OC(=O)CCCCCCCCCCCCCCCCC/C=C/CCCCCCCC. The summed E-state index contributed by atoms with van der Waals surface area (Å²) in [5.74, 6) is -0.522. The lowest BCUT2D eigenvalue weighted by Crippen LogP contribution is -2.47. The molecule has 0 radical (unpaired) electrons. The molecule has 3 unspecified atom stereocenters. The van der Waals surface area contributed by atoms with Gasteiger partial charge in [-0.2, -0.15) is 0 Å². The molecular formula is C81H153N2O7P. The second-order valence-electron chi connectivity index (χ2n) is 28.2. The second kappa shape index (κ2) is 70.5. The Hall–Kier alpha value is -2.29. The number of carbonyl (C=O) groups is 2. The number of quaternary nitrogens is 1. The fourth-order valence-corrected chi connectivity index (χ4v) is 12.5. The van der Waals surface area contributed by atoms with Crippen molar-refractivity contribution in [2.45, 2.75) is 405 Å². The monoisotopic (exact) mass is 1300 g/mol. The summed E-state index contributed by atoms with van der Waals surface area (Å²) in [6.07, 6.45) is 92.2. The molecule has 3 atom stereocenters. The number of phosphoric ester groups is 1. The molecule has 0 fully saturated rings. The van der Waals surface area contributed by atoms with Crippen LogP contribution in [0.5, 0.6) is 0 Å². The van der Waals surface area contributed by atoms with E-state index in [-0.39, 0.29) is 31.5 Å². The zero-order valence-electron chi connectivity index (χ0n) is 61.3.